The molecule has 1 aromatic rings. The number of halogens is 3. The summed E-state index contributed by atoms with van der Waals surface area (Å²) in [7, 11) is 1.74. The third-order valence-electron chi connectivity index (χ3n) is 5.41. The molecule has 1 fully saturated rings. The predicted octanol–water partition coefficient (Wildman–Crippen LogP) is 4.23. The molecule has 1 aliphatic rings. The second-order valence-electron chi connectivity index (χ2n) is 7.24. The van der Waals surface area contributed by atoms with Crippen molar-refractivity contribution in [2.75, 3.05) is 26.7 Å². The van der Waals surface area contributed by atoms with Gasteiger partial charge >= 0.3 is 0 Å². The zero-order valence-electron chi connectivity index (χ0n) is 17.5. The molecule has 0 saturated carbocycles. The SMILES string of the molecule is CCC(CC)C(=O)N1CCC(NC(=NC)NCCc2ccc(F)cc2Cl)CC1.I. The highest BCUT2D eigenvalue weighted by molar-refractivity contribution is 14.0. The number of nitrogens with zero attached hydrogens (tertiary/aromatic N) is 2. The fourth-order valence-electron chi connectivity index (χ4n) is 3.57. The smallest absolute Gasteiger partial charge is 0.225 e. The van der Waals surface area contributed by atoms with Crippen LogP contribution in [0, 0.1) is 11.7 Å². The molecule has 1 amide bonds. The van der Waals surface area contributed by atoms with Crippen molar-refractivity contribution in [3.8, 4) is 0 Å². The van der Waals surface area contributed by atoms with Crippen LogP contribution >= 0.6 is 35.6 Å². The minimum atomic E-state index is -0.326. The predicted molar refractivity (Wildman–Crippen MR) is 129 cm³/mol. The number of hydrogen-bond donors (Lipinski definition) is 2. The standard InChI is InChI=1S/C21H32ClFN4O.HI/c1-4-15(5-2)20(28)27-12-9-18(10-13-27)26-21(24-3)25-11-8-16-6-7-17(23)14-19(16)22;/h6-7,14-15,18H,4-5,8-13H2,1-3H3,(H2,24,25,26);1H. The number of piperidine rings is 1. The number of guanidine groups is 1. The minimum absolute atomic E-state index is 0. The Hall–Kier alpha value is -1.09. The molecule has 0 unspecified atom stereocenters. The van der Waals surface area contributed by atoms with E-state index in [1.807, 2.05) is 4.90 Å². The van der Waals surface area contributed by atoms with E-state index in [2.05, 4.69) is 29.5 Å². The zero-order valence-corrected chi connectivity index (χ0v) is 20.6. The molecular formula is C21H33ClFIN4O. The van der Waals surface area contributed by atoms with Crippen LogP contribution in [0.3, 0.4) is 0 Å². The van der Waals surface area contributed by atoms with E-state index in [1.54, 1.807) is 13.1 Å². The molecule has 0 aromatic heterocycles. The minimum Gasteiger partial charge on any atom is -0.356 e. The van der Waals surface area contributed by atoms with E-state index in [9.17, 15) is 9.18 Å². The third-order valence-corrected chi connectivity index (χ3v) is 5.76. The van der Waals surface area contributed by atoms with Gasteiger partial charge < -0.3 is 15.5 Å². The van der Waals surface area contributed by atoms with Crippen molar-refractivity contribution in [1.82, 2.24) is 15.5 Å². The summed E-state index contributed by atoms with van der Waals surface area (Å²) >= 11 is 6.07. The summed E-state index contributed by atoms with van der Waals surface area (Å²) in [6.45, 7) is 6.38. The third kappa shape index (κ3) is 7.92. The summed E-state index contributed by atoms with van der Waals surface area (Å²) in [6.07, 6.45) is 4.32. The summed E-state index contributed by atoms with van der Waals surface area (Å²) in [6, 6.07) is 4.76. The van der Waals surface area contributed by atoms with E-state index in [1.165, 1.54) is 12.1 Å². The molecule has 164 valence electrons. The Morgan fingerprint density at radius 3 is 2.52 bits per heavy atom. The number of amides is 1. The first-order chi connectivity index (χ1) is 13.5. The van der Waals surface area contributed by atoms with Gasteiger partial charge in [-0.25, -0.2) is 4.39 Å². The maximum Gasteiger partial charge on any atom is 0.225 e. The molecule has 0 bridgehead atoms. The lowest BCUT2D eigenvalue weighted by Gasteiger charge is -2.34. The van der Waals surface area contributed by atoms with Crippen molar-refractivity contribution >= 4 is 47.4 Å². The number of aliphatic imine (C=N–C) groups is 1. The lowest BCUT2D eigenvalue weighted by atomic mass is 9.98. The van der Waals surface area contributed by atoms with E-state index >= 15 is 0 Å². The van der Waals surface area contributed by atoms with Crippen LogP contribution in [0.15, 0.2) is 23.2 Å². The van der Waals surface area contributed by atoms with Gasteiger partial charge in [0.15, 0.2) is 5.96 Å². The Kier molecular flexibility index (Phi) is 11.9. The number of likely N-dealkylation sites (tertiary alicyclic amines) is 1. The van der Waals surface area contributed by atoms with Gasteiger partial charge in [-0.15, -0.1) is 24.0 Å². The quantitative estimate of drug-likeness (QED) is 0.310. The number of nitrogens with one attached hydrogen (secondary N) is 2. The van der Waals surface area contributed by atoms with Crippen molar-refractivity contribution in [2.45, 2.75) is 52.0 Å². The number of rotatable bonds is 7. The molecule has 0 radical (unpaired) electrons. The monoisotopic (exact) mass is 538 g/mol. The number of carbonyl (C=O) groups is 1. The molecule has 1 heterocycles. The Bertz CT molecular complexity index is 677. The second kappa shape index (κ2) is 13.3. The summed E-state index contributed by atoms with van der Waals surface area (Å²) in [5.74, 6) is 0.857. The molecule has 1 aromatic carbocycles. The molecule has 5 nitrogen and oxygen atoms in total. The highest BCUT2D eigenvalue weighted by Gasteiger charge is 2.26. The average Bonchev–Trinajstić information content (AvgIpc) is 2.70. The van der Waals surface area contributed by atoms with E-state index in [-0.39, 0.29) is 35.7 Å². The fourth-order valence-corrected chi connectivity index (χ4v) is 3.83. The normalized spacial score (nSPS) is 15.2. The Balaban J connectivity index is 0.00000420. The van der Waals surface area contributed by atoms with Gasteiger partial charge in [0.1, 0.15) is 5.82 Å². The molecule has 8 heteroatoms. The first kappa shape index (κ1) is 25.9. The highest BCUT2D eigenvalue weighted by atomic mass is 127. The largest absolute Gasteiger partial charge is 0.356 e. The molecule has 2 N–H and O–H groups in total. The van der Waals surface area contributed by atoms with E-state index in [0.717, 1.165) is 50.3 Å². The molecule has 0 spiro atoms. The van der Waals surface area contributed by atoms with Gasteiger partial charge in [-0.3, -0.25) is 9.79 Å². The Morgan fingerprint density at radius 1 is 1.31 bits per heavy atom. The maximum atomic E-state index is 13.1. The van der Waals surface area contributed by atoms with Crippen LogP contribution in [0.5, 0.6) is 0 Å². The van der Waals surface area contributed by atoms with Crippen molar-refractivity contribution < 1.29 is 9.18 Å². The lowest BCUT2D eigenvalue weighted by Crippen LogP contribution is -2.50. The van der Waals surface area contributed by atoms with Gasteiger partial charge in [-0.2, -0.15) is 0 Å². The van der Waals surface area contributed by atoms with Crippen molar-refractivity contribution in [1.29, 1.82) is 0 Å². The Morgan fingerprint density at radius 2 is 1.97 bits per heavy atom. The van der Waals surface area contributed by atoms with Crippen LogP contribution in [-0.4, -0.2) is 49.5 Å². The average molecular weight is 539 g/mol. The first-order valence-electron chi connectivity index (χ1n) is 10.2. The van der Waals surface area contributed by atoms with Gasteiger partial charge in [0.2, 0.25) is 5.91 Å². The second-order valence-corrected chi connectivity index (χ2v) is 7.65. The van der Waals surface area contributed by atoms with Crippen molar-refractivity contribution in [3.05, 3.63) is 34.6 Å². The summed E-state index contributed by atoms with van der Waals surface area (Å²) < 4.78 is 13.1. The zero-order chi connectivity index (χ0) is 20.5. The maximum absolute atomic E-state index is 13.1. The molecule has 0 atom stereocenters. The number of hydrogen-bond acceptors (Lipinski definition) is 2. The molecule has 0 aliphatic carbocycles. The van der Waals surface area contributed by atoms with Crippen molar-refractivity contribution in [2.24, 2.45) is 10.9 Å². The Labute approximate surface area is 195 Å². The summed E-state index contributed by atoms with van der Waals surface area (Å²) in [5, 5.41) is 7.17. The van der Waals surface area contributed by atoms with Gasteiger partial charge in [-0.05, 0) is 49.8 Å². The summed E-state index contributed by atoms with van der Waals surface area (Å²) in [4.78, 5) is 18.8. The fraction of sp³-hybridized carbons (Fsp3) is 0.619. The van der Waals surface area contributed by atoms with Crippen LogP contribution < -0.4 is 10.6 Å². The van der Waals surface area contributed by atoms with Crippen LogP contribution in [0.1, 0.15) is 45.1 Å². The van der Waals surface area contributed by atoms with E-state index in [4.69, 9.17) is 11.6 Å². The summed E-state index contributed by atoms with van der Waals surface area (Å²) in [5.41, 5.74) is 0.902. The topological polar surface area (TPSA) is 56.7 Å². The van der Waals surface area contributed by atoms with E-state index < -0.39 is 0 Å². The van der Waals surface area contributed by atoms with Gasteiger partial charge in [0.25, 0.3) is 0 Å². The molecule has 2 rings (SSSR count). The van der Waals surface area contributed by atoms with E-state index in [0.29, 0.717) is 29.9 Å². The van der Waals surface area contributed by atoms with Crippen LogP contribution in [0.4, 0.5) is 4.39 Å². The molecular weight excluding hydrogens is 506 g/mol. The van der Waals surface area contributed by atoms with Crippen LogP contribution in [-0.2, 0) is 11.2 Å². The van der Waals surface area contributed by atoms with Gasteiger partial charge in [-0.1, -0.05) is 31.5 Å². The number of carbonyl (C=O) groups excluding carboxylic acids is 1. The van der Waals surface area contributed by atoms with Gasteiger partial charge in [0, 0.05) is 43.7 Å². The van der Waals surface area contributed by atoms with Crippen LogP contribution in [0.2, 0.25) is 5.02 Å². The molecule has 1 saturated heterocycles. The molecule has 1 aliphatic heterocycles. The van der Waals surface area contributed by atoms with Gasteiger partial charge in [0.05, 0.1) is 0 Å². The molecule has 29 heavy (non-hydrogen) atoms. The van der Waals surface area contributed by atoms with Crippen molar-refractivity contribution in [3.63, 3.8) is 0 Å². The number of benzene rings is 1. The highest BCUT2D eigenvalue weighted by Crippen LogP contribution is 2.18. The first-order valence-corrected chi connectivity index (χ1v) is 10.6. The van der Waals surface area contributed by atoms with Crippen LogP contribution in [0.25, 0.3) is 0 Å². The lowest BCUT2D eigenvalue weighted by molar-refractivity contribution is -0.136.